The van der Waals surface area contributed by atoms with Crippen molar-refractivity contribution >= 4 is 5.91 Å². The zero-order chi connectivity index (χ0) is 15.4. The van der Waals surface area contributed by atoms with Crippen LogP contribution in [-0.2, 0) is 13.1 Å². The maximum atomic E-state index is 11.9. The Kier molecular flexibility index (Phi) is 4.28. The average molecular weight is 293 g/mol. The molecule has 0 spiro atoms. The first-order chi connectivity index (χ1) is 10.0. The summed E-state index contributed by atoms with van der Waals surface area (Å²) in [5, 5.41) is 7.44. The van der Waals surface area contributed by atoms with Crippen LogP contribution in [0.2, 0.25) is 0 Å². The Labute approximate surface area is 119 Å². The smallest absolute Gasteiger partial charge is 0.299 e. The van der Waals surface area contributed by atoms with E-state index in [1.54, 1.807) is 6.92 Å². The second kappa shape index (κ2) is 6.13. The van der Waals surface area contributed by atoms with Gasteiger partial charge >= 0.3 is 0 Å². The molecule has 3 N–H and O–H groups in total. The number of rotatable bonds is 5. The molecule has 2 aromatic rings. The Balaban J connectivity index is 2.15. The molecular formula is C11H15N7O3. The van der Waals surface area contributed by atoms with Gasteiger partial charge in [-0.2, -0.15) is 0 Å². The number of ether oxygens (including phenoxy) is 1. The van der Waals surface area contributed by atoms with Gasteiger partial charge in [0.15, 0.2) is 5.69 Å². The lowest BCUT2D eigenvalue weighted by atomic mass is 10.4. The summed E-state index contributed by atoms with van der Waals surface area (Å²) < 4.78 is 7.88. The normalized spacial score (nSPS) is 10.4. The fraction of sp³-hybridized carbons (Fsp3) is 0.364. The van der Waals surface area contributed by atoms with E-state index in [4.69, 9.17) is 10.6 Å². The van der Waals surface area contributed by atoms with Crippen molar-refractivity contribution in [2.45, 2.75) is 20.0 Å². The quantitative estimate of drug-likeness (QED) is 0.388. The van der Waals surface area contributed by atoms with E-state index in [0.29, 0.717) is 12.2 Å². The molecule has 21 heavy (non-hydrogen) atoms. The topological polar surface area (TPSA) is 130 Å². The van der Waals surface area contributed by atoms with Crippen molar-refractivity contribution in [1.29, 1.82) is 0 Å². The second-order valence-corrected chi connectivity index (χ2v) is 4.21. The van der Waals surface area contributed by atoms with E-state index in [2.05, 4.69) is 15.3 Å². The van der Waals surface area contributed by atoms with Crippen LogP contribution in [0.15, 0.2) is 17.1 Å². The van der Waals surface area contributed by atoms with Gasteiger partial charge in [-0.25, -0.2) is 15.5 Å². The van der Waals surface area contributed by atoms with Crippen molar-refractivity contribution < 1.29 is 9.53 Å². The number of amides is 1. The van der Waals surface area contributed by atoms with E-state index < -0.39 is 5.91 Å². The van der Waals surface area contributed by atoms with Crippen LogP contribution >= 0.6 is 0 Å². The highest BCUT2D eigenvalue weighted by molar-refractivity contribution is 5.91. The van der Waals surface area contributed by atoms with Gasteiger partial charge in [0.05, 0.1) is 26.4 Å². The first-order valence-electron chi connectivity index (χ1n) is 6.08. The van der Waals surface area contributed by atoms with Gasteiger partial charge in [-0.05, 0) is 6.92 Å². The maximum absolute atomic E-state index is 11.9. The summed E-state index contributed by atoms with van der Waals surface area (Å²) in [5.41, 5.74) is 2.41. The molecule has 0 aliphatic heterocycles. The Morgan fingerprint density at radius 1 is 1.48 bits per heavy atom. The minimum Gasteiger partial charge on any atom is -0.468 e. The number of nitrogen functional groups attached to an aromatic ring is 1. The molecule has 0 fully saturated rings. The van der Waals surface area contributed by atoms with Gasteiger partial charge in [0, 0.05) is 11.8 Å². The Hall–Kier alpha value is -2.75. The average Bonchev–Trinajstić information content (AvgIpc) is 2.93. The standard InChI is InChI=1S/C11H15N7O3/c1-7-5-9(19)18(11(13-7)21-2)4-3-17-6-8(15-16-17)10(20)14-12/h5-6H,3-4,12H2,1-2H3,(H,14,20). The summed E-state index contributed by atoms with van der Waals surface area (Å²) in [6, 6.07) is 1.64. The molecule has 0 aromatic carbocycles. The number of nitrogens with one attached hydrogen (secondary N) is 1. The molecule has 0 saturated carbocycles. The molecular weight excluding hydrogens is 278 g/mol. The molecule has 0 unspecified atom stereocenters. The monoisotopic (exact) mass is 293 g/mol. The minimum absolute atomic E-state index is 0.0962. The number of hydrogen-bond acceptors (Lipinski definition) is 7. The van der Waals surface area contributed by atoms with Gasteiger partial charge in [0.1, 0.15) is 0 Å². The molecule has 10 heteroatoms. The van der Waals surface area contributed by atoms with Crippen LogP contribution in [-0.4, -0.2) is 37.6 Å². The molecule has 2 aromatic heterocycles. The molecule has 2 rings (SSSR count). The fourth-order valence-corrected chi connectivity index (χ4v) is 1.74. The van der Waals surface area contributed by atoms with Gasteiger partial charge in [-0.3, -0.25) is 19.6 Å². The zero-order valence-electron chi connectivity index (χ0n) is 11.6. The van der Waals surface area contributed by atoms with E-state index in [9.17, 15) is 9.59 Å². The van der Waals surface area contributed by atoms with E-state index >= 15 is 0 Å². The summed E-state index contributed by atoms with van der Waals surface area (Å²) in [6.45, 7) is 2.32. The third kappa shape index (κ3) is 3.23. The Bertz CT molecular complexity index is 706. The van der Waals surface area contributed by atoms with E-state index in [0.717, 1.165) is 0 Å². The largest absolute Gasteiger partial charge is 0.468 e. The first kappa shape index (κ1) is 14.7. The summed E-state index contributed by atoms with van der Waals surface area (Å²) in [5.74, 6) is 4.47. The predicted octanol–water partition coefficient (Wildman–Crippen LogP) is -1.54. The number of nitrogens with two attached hydrogens (primary N) is 1. The van der Waals surface area contributed by atoms with Gasteiger partial charge < -0.3 is 4.74 Å². The van der Waals surface area contributed by atoms with Crippen LogP contribution < -0.4 is 21.6 Å². The van der Waals surface area contributed by atoms with Crippen LogP contribution in [0.25, 0.3) is 0 Å². The van der Waals surface area contributed by atoms with E-state index in [1.165, 1.54) is 28.6 Å². The summed E-state index contributed by atoms with van der Waals surface area (Å²) in [4.78, 5) is 27.3. The molecule has 112 valence electrons. The van der Waals surface area contributed by atoms with Gasteiger partial charge in [0.25, 0.3) is 17.5 Å². The second-order valence-electron chi connectivity index (χ2n) is 4.21. The summed E-state index contributed by atoms with van der Waals surface area (Å²) >= 11 is 0. The highest BCUT2D eigenvalue weighted by Gasteiger charge is 2.11. The SMILES string of the molecule is COc1nc(C)cc(=O)n1CCn1cc(C(=O)NN)nn1. The van der Waals surface area contributed by atoms with Crippen molar-refractivity contribution in [1.82, 2.24) is 30.0 Å². The summed E-state index contributed by atoms with van der Waals surface area (Å²) in [7, 11) is 1.44. The van der Waals surface area contributed by atoms with Crippen molar-refractivity contribution in [2.24, 2.45) is 5.84 Å². The first-order valence-corrected chi connectivity index (χ1v) is 6.08. The minimum atomic E-state index is -0.534. The molecule has 0 radical (unpaired) electrons. The van der Waals surface area contributed by atoms with Crippen molar-refractivity contribution in [3.63, 3.8) is 0 Å². The maximum Gasteiger partial charge on any atom is 0.299 e. The third-order valence-corrected chi connectivity index (χ3v) is 2.74. The number of carbonyl (C=O) groups is 1. The number of hydrazine groups is 1. The molecule has 0 atom stereocenters. The highest BCUT2D eigenvalue weighted by atomic mass is 16.5. The van der Waals surface area contributed by atoms with Crippen molar-refractivity contribution in [2.75, 3.05) is 7.11 Å². The van der Waals surface area contributed by atoms with Crippen molar-refractivity contribution in [3.8, 4) is 6.01 Å². The third-order valence-electron chi connectivity index (χ3n) is 2.74. The molecule has 0 saturated heterocycles. The molecule has 0 bridgehead atoms. The number of methoxy groups -OCH3 is 1. The van der Waals surface area contributed by atoms with Crippen LogP contribution in [0.3, 0.4) is 0 Å². The highest BCUT2D eigenvalue weighted by Crippen LogP contribution is 2.04. The van der Waals surface area contributed by atoms with Crippen LogP contribution in [0, 0.1) is 6.92 Å². The predicted molar refractivity (Wildman–Crippen MR) is 71.5 cm³/mol. The van der Waals surface area contributed by atoms with Crippen LogP contribution in [0.1, 0.15) is 16.2 Å². The lowest BCUT2D eigenvalue weighted by molar-refractivity contribution is 0.0948. The van der Waals surface area contributed by atoms with E-state index in [-0.39, 0.29) is 23.8 Å². The Morgan fingerprint density at radius 3 is 2.90 bits per heavy atom. The zero-order valence-corrected chi connectivity index (χ0v) is 11.6. The number of aryl methyl sites for hydroxylation is 2. The van der Waals surface area contributed by atoms with Crippen LogP contribution in [0.5, 0.6) is 6.01 Å². The van der Waals surface area contributed by atoms with Crippen molar-refractivity contribution in [3.05, 3.63) is 34.0 Å². The van der Waals surface area contributed by atoms with Gasteiger partial charge in [-0.15, -0.1) is 5.10 Å². The molecule has 2 heterocycles. The number of carbonyl (C=O) groups excluding carboxylic acids is 1. The molecule has 0 aliphatic rings. The number of hydrogen-bond donors (Lipinski definition) is 2. The Morgan fingerprint density at radius 2 is 2.24 bits per heavy atom. The van der Waals surface area contributed by atoms with Gasteiger partial charge in [0.2, 0.25) is 0 Å². The number of nitrogens with zero attached hydrogens (tertiary/aromatic N) is 5. The lowest BCUT2D eigenvalue weighted by Crippen LogP contribution is -2.30. The number of aromatic nitrogens is 5. The molecule has 10 nitrogen and oxygen atoms in total. The van der Waals surface area contributed by atoms with Gasteiger partial charge in [-0.1, -0.05) is 5.21 Å². The molecule has 0 aliphatic carbocycles. The lowest BCUT2D eigenvalue weighted by Gasteiger charge is -2.10. The van der Waals surface area contributed by atoms with Crippen LogP contribution in [0.4, 0.5) is 0 Å². The van der Waals surface area contributed by atoms with E-state index in [1.807, 2.05) is 5.43 Å². The fourth-order valence-electron chi connectivity index (χ4n) is 1.74. The summed E-state index contributed by atoms with van der Waals surface area (Å²) in [6.07, 6.45) is 1.43. The molecule has 1 amide bonds.